The molecule has 0 aliphatic rings. The number of aryl methyl sites for hydroxylation is 2. The summed E-state index contributed by atoms with van der Waals surface area (Å²) in [5, 5.41) is 0. The van der Waals surface area contributed by atoms with Crippen molar-refractivity contribution >= 4 is 5.69 Å². The molecule has 6 heteroatoms. The fraction of sp³-hybridized carbons (Fsp3) is 0.214. The molecule has 0 bridgehead atoms. The molecule has 6 nitrogen and oxygen atoms in total. The van der Waals surface area contributed by atoms with Crippen molar-refractivity contribution in [3.63, 3.8) is 0 Å². The minimum atomic E-state index is 0.719. The number of anilines is 1. The van der Waals surface area contributed by atoms with Crippen LogP contribution in [0.25, 0.3) is 11.3 Å². The van der Waals surface area contributed by atoms with Crippen molar-refractivity contribution in [3.8, 4) is 11.3 Å². The van der Waals surface area contributed by atoms with Gasteiger partial charge in [0.25, 0.3) is 0 Å². The maximum atomic E-state index is 5.99. The van der Waals surface area contributed by atoms with Crippen LogP contribution < -0.4 is 5.73 Å². The van der Waals surface area contributed by atoms with Gasteiger partial charge in [-0.3, -0.25) is 4.98 Å². The second-order valence-electron chi connectivity index (χ2n) is 4.59. The second-order valence-corrected chi connectivity index (χ2v) is 4.59. The monoisotopic (exact) mass is 268 g/mol. The molecule has 3 rings (SSSR count). The molecule has 0 aromatic carbocycles. The van der Waals surface area contributed by atoms with Gasteiger partial charge >= 0.3 is 0 Å². The lowest BCUT2D eigenvalue weighted by Crippen LogP contribution is -2.04. The van der Waals surface area contributed by atoms with E-state index in [0.717, 1.165) is 36.5 Å². The highest BCUT2D eigenvalue weighted by atomic mass is 15.1. The van der Waals surface area contributed by atoms with Gasteiger partial charge in [-0.1, -0.05) is 0 Å². The number of imidazole rings is 2. The summed E-state index contributed by atoms with van der Waals surface area (Å²) in [4.78, 5) is 12.4. The summed E-state index contributed by atoms with van der Waals surface area (Å²) >= 11 is 0. The summed E-state index contributed by atoms with van der Waals surface area (Å²) in [5.41, 5.74) is 8.64. The Morgan fingerprint density at radius 3 is 2.75 bits per heavy atom. The van der Waals surface area contributed by atoms with Gasteiger partial charge in [0, 0.05) is 49.1 Å². The molecule has 0 amide bonds. The number of rotatable bonds is 5. The second kappa shape index (κ2) is 5.56. The molecule has 3 aromatic heterocycles. The Balaban J connectivity index is 1.72. The Labute approximate surface area is 116 Å². The van der Waals surface area contributed by atoms with E-state index in [1.807, 2.05) is 25.0 Å². The summed E-state index contributed by atoms with van der Waals surface area (Å²) in [6, 6.07) is 1.80. The molecule has 0 saturated carbocycles. The van der Waals surface area contributed by atoms with Gasteiger partial charge in [0.2, 0.25) is 0 Å². The quantitative estimate of drug-likeness (QED) is 0.766. The van der Waals surface area contributed by atoms with Gasteiger partial charge in [-0.25, -0.2) is 9.97 Å². The zero-order valence-electron chi connectivity index (χ0n) is 11.1. The standard InChI is InChI=1S/C14H16N6/c15-13-2-3-16-8-12(13)14-9-18-11-20(14)6-1-5-19-7-4-17-10-19/h2-4,7-11H,1,5-6H2,(H2,15,16). The summed E-state index contributed by atoms with van der Waals surface area (Å²) in [6.45, 7) is 1.81. The van der Waals surface area contributed by atoms with Gasteiger partial charge in [0.15, 0.2) is 0 Å². The first-order valence-corrected chi connectivity index (χ1v) is 6.50. The molecule has 20 heavy (non-hydrogen) atoms. The van der Waals surface area contributed by atoms with Crippen LogP contribution in [0.5, 0.6) is 0 Å². The van der Waals surface area contributed by atoms with Gasteiger partial charge in [0.1, 0.15) is 0 Å². The molecule has 0 aliphatic carbocycles. The topological polar surface area (TPSA) is 74.5 Å². The van der Waals surface area contributed by atoms with E-state index < -0.39 is 0 Å². The molecule has 102 valence electrons. The van der Waals surface area contributed by atoms with Crippen molar-refractivity contribution in [1.29, 1.82) is 0 Å². The van der Waals surface area contributed by atoms with Crippen molar-refractivity contribution in [2.45, 2.75) is 19.5 Å². The first-order valence-electron chi connectivity index (χ1n) is 6.50. The largest absolute Gasteiger partial charge is 0.398 e. The fourth-order valence-electron chi connectivity index (χ4n) is 2.19. The van der Waals surface area contributed by atoms with E-state index in [1.54, 1.807) is 24.7 Å². The maximum absolute atomic E-state index is 5.99. The molecule has 0 fully saturated rings. The Hall–Kier alpha value is -2.63. The van der Waals surface area contributed by atoms with Crippen LogP contribution in [0.1, 0.15) is 6.42 Å². The van der Waals surface area contributed by atoms with Crippen molar-refractivity contribution < 1.29 is 0 Å². The molecular weight excluding hydrogens is 252 g/mol. The number of aromatic nitrogens is 5. The Morgan fingerprint density at radius 2 is 1.95 bits per heavy atom. The number of hydrogen-bond donors (Lipinski definition) is 1. The van der Waals surface area contributed by atoms with Crippen LogP contribution in [0.4, 0.5) is 5.69 Å². The molecule has 0 aliphatic heterocycles. The molecule has 0 unspecified atom stereocenters. The van der Waals surface area contributed by atoms with Crippen LogP contribution in [-0.4, -0.2) is 24.1 Å². The molecule has 0 spiro atoms. The van der Waals surface area contributed by atoms with Gasteiger partial charge in [-0.15, -0.1) is 0 Å². The van der Waals surface area contributed by atoms with Crippen LogP contribution in [0.3, 0.4) is 0 Å². The molecular formula is C14H16N6. The molecule has 0 atom stereocenters. The SMILES string of the molecule is Nc1ccncc1-c1cncn1CCCn1ccnc1. The van der Waals surface area contributed by atoms with E-state index in [0.29, 0.717) is 0 Å². The van der Waals surface area contributed by atoms with Gasteiger partial charge in [-0.2, -0.15) is 0 Å². The Morgan fingerprint density at radius 1 is 1.00 bits per heavy atom. The lowest BCUT2D eigenvalue weighted by atomic mass is 10.2. The van der Waals surface area contributed by atoms with E-state index in [9.17, 15) is 0 Å². The highest BCUT2D eigenvalue weighted by Gasteiger charge is 2.08. The number of nitrogen functional groups attached to an aromatic ring is 1. The molecule has 3 aromatic rings. The molecule has 0 radical (unpaired) electrons. The average molecular weight is 268 g/mol. The minimum absolute atomic E-state index is 0.719. The third-order valence-electron chi connectivity index (χ3n) is 3.22. The predicted molar refractivity (Wildman–Crippen MR) is 76.7 cm³/mol. The van der Waals surface area contributed by atoms with Crippen LogP contribution in [0, 0.1) is 0 Å². The van der Waals surface area contributed by atoms with Crippen molar-refractivity contribution in [2.75, 3.05) is 5.73 Å². The van der Waals surface area contributed by atoms with Crippen molar-refractivity contribution in [3.05, 3.63) is 49.7 Å². The zero-order valence-corrected chi connectivity index (χ0v) is 11.1. The molecule has 2 N–H and O–H groups in total. The van der Waals surface area contributed by atoms with E-state index in [4.69, 9.17) is 5.73 Å². The van der Waals surface area contributed by atoms with Crippen molar-refractivity contribution in [1.82, 2.24) is 24.1 Å². The van der Waals surface area contributed by atoms with E-state index in [1.165, 1.54) is 0 Å². The van der Waals surface area contributed by atoms with Crippen LogP contribution in [0.2, 0.25) is 0 Å². The first-order chi connectivity index (χ1) is 9.84. The summed E-state index contributed by atoms with van der Waals surface area (Å²) in [6.07, 6.45) is 13.7. The predicted octanol–water partition coefficient (Wildman–Crippen LogP) is 1.81. The third-order valence-corrected chi connectivity index (χ3v) is 3.22. The van der Waals surface area contributed by atoms with Gasteiger partial charge in [0.05, 0.1) is 24.5 Å². The minimum Gasteiger partial charge on any atom is -0.398 e. The normalized spacial score (nSPS) is 10.8. The first kappa shape index (κ1) is 12.4. The summed E-state index contributed by atoms with van der Waals surface area (Å²) in [5.74, 6) is 0. The molecule has 3 heterocycles. The average Bonchev–Trinajstić information content (AvgIpc) is 3.11. The molecule has 0 saturated heterocycles. The van der Waals surface area contributed by atoms with Crippen molar-refractivity contribution in [2.24, 2.45) is 0 Å². The fourth-order valence-corrected chi connectivity index (χ4v) is 2.19. The van der Waals surface area contributed by atoms with Crippen LogP contribution >= 0.6 is 0 Å². The Bertz CT molecular complexity index is 671. The Kier molecular flexibility index (Phi) is 3.45. The number of hydrogen-bond acceptors (Lipinski definition) is 4. The van der Waals surface area contributed by atoms with E-state index in [2.05, 4.69) is 24.1 Å². The highest BCUT2D eigenvalue weighted by molar-refractivity contribution is 5.72. The smallest absolute Gasteiger partial charge is 0.0950 e. The third kappa shape index (κ3) is 2.54. The zero-order chi connectivity index (χ0) is 13.8. The van der Waals surface area contributed by atoms with Crippen LogP contribution in [0.15, 0.2) is 49.7 Å². The van der Waals surface area contributed by atoms with Gasteiger partial charge in [-0.05, 0) is 12.5 Å². The lowest BCUT2D eigenvalue weighted by molar-refractivity contribution is 0.566. The summed E-state index contributed by atoms with van der Waals surface area (Å²) < 4.78 is 4.17. The van der Waals surface area contributed by atoms with E-state index >= 15 is 0 Å². The lowest BCUT2D eigenvalue weighted by Gasteiger charge is -2.10. The number of nitrogens with two attached hydrogens (primary N) is 1. The van der Waals surface area contributed by atoms with E-state index in [-0.39, 0.29) is 0 Å². The van der Waals surface area contributed by atoms with Gasteiger partial charge < -0.3 is 14.9 Å². The van der Waals surface area contributed by atoms with Crippen LogP contribution in [-0.2, 0) is 13.1 Å². The number of pyridine rings is 1. The maximum Gasteiger partial charge on any atom is 0.0950 e. The number of nitrogens with zero attached hydrogens (tertiary/aromatic N) is 5. The highest BCUT2D eigenvalue weighted by Crippen LogP contribution is 2.24. The summed E-state index contributed by atoms with van der Waals surface area (Å²) in [7, 11) is 0.